The van der Waals surface area contributed by atoms with Gasteiger partial charge in [0.25, 0.3) is 0 Å². The predicted molar refractivity (Wildman–Crippen MR) is 227 cm³/mol. The molecular weight excluding hydrogens is 669 g/mol. The molecule has 0 aliphatic rings. The number of aromatic nitrogens is 1. The topological polar surface area (TPSA) is 8.17 Å². The maximum absolute atomic E-state index is 2.44. The van der Waals surface area contributed by atoms with Gasteiger partial charge in [-0.05, 0) is 88.6 Å². The van der Waals surface area contributed by atoms with Crippen LogP contribution in [0.5, 0.6) is 0 Å². The third-order valence-electron chi connectivity index (χ3n) is 10.4. The first-order valence-corrected chi connectivity index (χ1v) is 19.2. The summed E-state index contributed by atoms with van der Waals surface area (Å²) < 4.78 is 6.35. The van der Waals surface area contributed by atoms with E-state index >= 15 is 0 Å². The van der Waals surface area contributed by atoms with Crippen LogP contribution in [0.4, 0.5) is 17.1 Å². The summed E-state index contributed by atoms with van der Waals surface area (Å²) in [5.74, 6) is 0. The van der Waals surface area contributed by atoms with Gasteiger partial charge < -0.3 is 9.47 Å². The minimum Gasteiger partial charge on any atom is -0.309 e. The molecule has 3 aromatic heterocycles. The van der Waals surface area contributed by atoms with E-state index in [1.54, 1.807) is 0 Å². The van der Waals surface area contributed by atoms with E-state index in [1.165, 1.54) is 79.0 Å². The van der Waals surface area contributed by atoms with Crippen molar-refractivity contribution in [3.63, 3.8) is 0 Å². The van der Waals surface area contributed by atoms with Gasteiger partial charge in [0.1, 0.15) is 4.83 Å². The van der Waals surface area contributed by atoms with E-state index in [2.05, 4.69) is 191 Å². The summed E-state index contributed by atoms with van der Waals surface area (Å²) in [5, 5.41) is 9.06. The van der Waals surface area contributed by atoms with Gasteiger partial charge in [-0.1, -0.05) is 115 Å². The fraction of sp³-hybridized carbons (Fsp3) is 0. The summed E-state index contributed by atoms with van der Waals surface area (Å²) in [6, 6.07) is 66.6. The molecule has 4 heteroatoms. The molecule has 0 spiro atoms. The number of fused-ring (bicyclic) bond motifs is 9. The van der Waals surface area contributed by atoms with Crippen molar-refractivity contribution >= 4 is 102 Å². The second kappa shape index (κ2) is 11.7. The Morgan fingerprint density at radius 3 is 1.85 bits per heavy atom. The maximum Gasteiger partial charge on any atom is 0.109 e. The Kier molecular flexibility index (Phi) is 6.63. The molecule has 0 radical (unpaired) electrons. The van der Waals surface area contributed by atoms with Crippen molar-refractivity contribution in [2.24, 2.45) is 0 Å². The van der Waals surface area contributed by atoms with Crippen molar-refractivity contribution in [2.45, 2.75) is 0 Å². The SMILES string of the molecule is c1ccc2cc(-c3ccc(N(c4ccc(-n5c6ccccc6c6c7ccccc7sc65)cc4)c4cccc5c4sc4ccccc45)cc3)ccc2c1. The van der Waals surface area contributed by atoms with Crippen molar-refractivity contribution < 1.29 is 0 Å². The fourth-order valence-electron chi connectivity index (χ4n) is 7.95. The Balaban J connectivity index is 1.07. The Labute approximate surface area is 308 Å². The van der Waals surface area contributed by atoms with E-state index in [9.17, 15) is 0 Å². The molecule has 2 nitrogen and oxygen atoms in total. The Morgan fingerprint density at radius 2 is 1.04 bits per heavy atom. The van der Waals surface area contributed by atoms with Crippen molar-refractivity contribution in [3.8, 4) is 16.8 Å². The monoisotopic (exact) mass is 698 g/mol. The van der Waals surface area contributed by atoms with Gasteiger partial charge in [-0.15, -0.1) is 22.7 Å². The molecule has 11 rings (SSSR count). The quantitative estimate of drug-likeness (QED) is 0.174. The van der Waals surface area contributed by atoms with E-state index < -0.39 is 0 Å². The van der Waals surface area contributed by atoms with E-state index in [4.69, 9.17) is 0 Å². The Bertz CT molecular complexity index is 3130. The lowest BCUT2D eigenvalue weighted by Crippen LogP contribution is -2.10. The molecule has 0 aliphatic heterocycles. The summed E-state index contributed by atoms with van der Waals surface area (Å²) in [6.45, 7) is 0. The van der Waals surface area contributed by atoms with Gasteiger partial charge in [0, 0.05) is 53.4 Å². The van der Waals surface area contributed by atoms with Crippen molar-refractivity contribution in [2.75, 3.05) is 4.90 Å². The number of hydrogen-bond donors (Lipinski definition) is 0. The smallest absolute Gasteiger partial charge is 0.109 e. The molecule has 0 fully saturated rings. The molecule has 0 aliphatic carbocycles. The summed E-state index contributed by atoms with van der Waals surface area (Å²) in [7, 11) is 0. The second-order valence-corrected chi connectivity index (χ2v) is 15.4. The maximum atomic E-state index is 2.44. The van der Waals surface area contributed by atoms with Crippen LogP contribution < -0.4 is 4.90 Å². The largest absolute Gasteiger partial charge is 0.309 e. The first kappa shape index (κ1) is 29.5. The number of nitrogens with zero attached hydrogens (tertiary/aromatic N) is 2. The lowest BCUT2D eigenvalue weighted by molar-refractivity contribution is 1.19. The lowest BCUT2D eigenvalue weighted by Gasteiger charge is -2.26. The summed E-state index contributed by atoms with van der Waals surface area (Å²) in [4.78, 5) is 3.71. The number of para-hydroxylation sites is 1. The highest BCUT2D eigenvalue weighted by Crippen LogP contribution is 2.46. The lowest BCUT2D eigenvalue weighted by atomic mass is 10.0. The molecule has 11 aromatic rings. The standard InChI is InChI=1S/C48H30N2S2/c1-2-11-33-30-34(21-20-31(33)10-1)32-22-24-35(25-23-32)49(43-17-9-15-39-38-12-4-7-18-44(38)51-47(39)43)36-26-28-37(29-27-36)50-42-16-6-3-13-40(42)46-41-14-5-8-19-45(41)52-48(46)50/h1-30H. The zero-order chi connectivity index (χ0) is 34.2. The number of thiophene rings is 2. The van der Waals surface area contributed by atoms with E-state index in [1.807, 2.05) is 22.7 Å². The molecule has 0 saturated carbocycles. The molecular formula is C48H30N2S2. The number of anilines is 3. The van der Waals surface area contributed by atoms with Crippen molar-refractivity contribution in [1.29, 1.82) is 0 Å². The highest BCUT2D eigenvalue weighted by Gasteiger charge is 2.20. The zero-order valence-electron chi connectivity index (χ0n) is 28.0. The molecule has 0 N–H and O–H groups in total. The van der Waals surface area contributed by atoms with Crippen molar-refractivity contribution in [1.82, 2.24) is 4.57 Å². The molecule has 0 atom stereocenters. The van der Waals surface area contributed by atoms with E-state index in [0.717, 1.165) is 17.1 Å². The first-order valence-electron chi connectivity index (χ1n) is 17.6. The molecule has 0 saturated heterocycles. The molecule has 0 amide bonds. The molecule has 244 valence electrons. The van der Waals surface area contributed by atoms with E-state index in [0.29, 0.717) is 0 Å². The van der Waals surface area contributed by atoms with Gasteiger partial charge in [-0.3, -0.25) is 0 Å². The molecule has 52 heavy (non-hydrogen) atoms. The van der Waals surface area contributed by atoms with Gasteiger partial charge in [0.15, 0.2) is 0 Å². The highest BCUT2D eigenvalue weighted by atomic mass is 32.1. The van der Waals surface area contributed by atoms with Crippen LogP contribution in [0.25, 0.3) is 79.0 Å². The Hall–Kier alpha value is -6.20. The average Bonchev–Trinajstić information content (AvgIpc) is 3.88. The third kappa shape index (κ3) is 4.55. The van der Waals surface area contributed by atoms with Crippen LogP contribution in [0.3, 0.4) is 0 Å². The zero-order valence-corrected chi connectivity index (χ0v) is 29.7. The highest BCUT2D eigenvalue weighted by molar-refractivity contribution is 7.26. The van der Waals surface area contributed by atoms with Crippen LogP contribution >= 0.6 is 22.7 Å². The van der Waals surface area contributed by atoms with Crippen LogP contribution in [0.15, 0.2) is 182 Å². The second-order valence-electron chi connectivity index (χ2n) is 13.3. The van der Waals surface area contributed by atoms with Crippen LogP contribution in [0.2, 0.25) is 0 Å². The Morgan fingerprint density at radius 1 is 0.423 bits per heavy atom. The van der Waals surface area contributed by atoms with Gasteiger partial charge in [-0.25, -0.2) is 0 Å². The van der Waals surface area contributed by atoms with Crippen LogP contribution in [-0.4, -0.2) is 4.57 Å². The van der Waals surface area contributed by atoms with Crippen molar-refractivity contribution in [3.05, 3.63) is 182 Å². The normalized spacial score (nSPS) is 11.8. The van der Waals surface area contributed by atoms with Gasteiger partial charge in [0.05, 0.1) is 15.9 Å². The number of rotatable bonds is 5. The first-order chi connectivity index (χ1) is 25.8. The third-order valence-corrected chi connectivity index (χ3v) is 12.8. The summed E-state index contributed by atoms with van der Waals surface area (Å²) in [6.07, 6.45) is 0. The van der Waals surface area contributed by atoms with Crippen LogP contribution in [-0.2, 0) is 0 Å². The molecule has 0 unspecified atom stereocenters. The molecule has 8 aromatic carbocycles. The predicted octanol–water partition coefficient (Wildman–Crippen LogP) is 14.7. The minimum absolute atomic E-state index is 1.12. The molecule has 0 bridgehead atoms. The number of benzene rings is 8. The van der Waals surface area contributed by atoms with Gasteiger partial charge >= 0.3 is 0 Å². The molecule has 3 heterocycles. The number of hydrogen-bond acceptors (Lipinski definition) is 3. The van der Waals surface area contributed by atoms with Crippen LogP contribution in [0, 0.1) is 0 Å². The summed E-state index contributed by atoms with van der Waals surface area (Å²) >= 11 is 3.74. The van der Waals surface area contributed by atoms with E-state index in [-0.39, 0.29) is 0 Å². The average molecular weight is 699 g/mol. The summed E-state index contributed by atoms with van der Waals surface area (Å²) in [5.41, 5.74) is 8.25. The van der Waals surface area contributed by atoms with Crippen LogP contribution in [0.1, 0.15) is 0 Å². The van der Waals surface area contributed by atoms with Gasteiger partial charge in [-0.2, -0.15) is 0 Å². The minimum atomic E-state index is 1.12. The van der Waals surface area contributed by atoms with Gasteiger partial charge in [0.2, 0.25) is 0 Å². The fourth-order valence-corrected chi connectivity index (χ4v) is 10.4.